The van der Waals surface area contributed by atoms with Crippen LogP contribution in [0.3, 0.4) is 0 Å². The van der Waals surface area contributed by atoms with Gasteiger partial charge in [-0.1, -0.05) is 6.92 Å². The van der Waals surface area contributed by atoms with Crippen LogP contribution in [-0.2, 0) is 0 Å². The number of nitrogens with zero attached hydrogens (tertiary/aromatic N) is 1. The maximum Gasteiger partial charge on any atom is 0.168 e. The van der Waals surface area contributed by atoms with Crippen molar-refractivity contribution >= 4 is 17.3 Å². The maximum absolute atomic E-state index is 9.01. The molecule has 4 nitrogen and oxygen atoms in total. The summed E-state index contributed by atoms with van der Waals surface area (Å²) in [7, 11) is 0. The van der Waals surface area contributed by atoms with Crippen LogP contribution >= 0.6 is 12.2 Å². The van der Waals surface area contributed by atoms with Gasteiger partial charge in [-0.15, -0.1) is 0 Å². The minimum atomic E-state index is 0.201. The van der Waals surface area contributed by atoms with Crippen LogP contribution in [0.1, 0.15) is 13.3 Å². The third-order valence-corrected chi connectivity index (χ3v) is 2.37. The van der Waals surface area contributed by atoms with Crippen molar-refractivity contribution in [3.63, 3.8) is 0 Å². The monoisotopic (exact) mass is 189 g/mol. The molecule has 1 aliphatic heterocycles. The first-order valence-corrected chi connectivity index (χ1v) is 4.55. The second kappa shape index (κ2) is 4.59. The Morgan fingerprint density at radius 2 is 2.17 bits per heavy atom. The molecule has 0 aliphatic carbocycles. The van der Waals surface area contributed by atoms with Crippen molar-refractivity contribution in [3.05, 3.63) is 0 Å². The first-order chi connectivity index (χ1) is 5.77. The Morgan fingerprint density at radius 1 is 1.58 bits per heavy atom. The quantitative estimate of drug-likeness (QED) is 0.520. The number of thiocarbonyl (C=S) groups is 1. The topological polar surface area (TPSA) is 47.5 Å². The van der Waals surface area contributed by atoms with Crippen LogP contribution in [0.5, 0.6) is 0 Å². The molecule has 5 heteroatoms. The Labute approximate surface area is 77.9 Å². The molecule has 1 unspecified atom stereocenters. The van der Waals surface area contributed by atoms with Gasteiger partial charge in [0, 0.05) is 6.04 Å². The second-order valence-electron chi connectivity index (χ2n) is 2.83. The lowest BCUT2D eigenvalue weighted by molar-refractivity contribution is 0.106. The standard InChI is InChI=1S/C7H15N3OS/c1-2-6(3-11)10-4-8-7(12)9-5-10/h6,11H,2-5H2,1H3,(H2,8,9,12). The molecular weight excluding hydrogens is 174 g/mol. The van der Waals surface area contributed by atoms with E-state index in [1.807, 2.05) is 0 Å². The van der Waals surface area contributed by atoms with Crippen molar-refractivity contribution in [2.75, 3.05) is 19.9 Å². The van der Waals surface area contributed by atoms with E-state index in [4.69, 9.17) is 17.3 Å². The van der Waals surface area contributed by atoms with Crippen molar-refractivity contribution in [1.29, 1.82) is 0 Å². The van der Waals surface area contributed by atoms with E-state index in [-0.39, 0.29) is 12.6 Å². The first kappa shape index (κ1) is 9.70. The third kappa shape index (κ3) is 2.30. The number of hydrogen-bond donors (Lipinski definition) is 3. The van der Waals surface area contributed by atoms with E-state index >= 15 is 0 Å². The van der Waals surface area contributed by atoms with Crippen LogP contribution in [-0.4, -0.2) is 41.1 Å². The van der Waals surface area contributed by atoms with Crippen LogP contribution in [0.25, 0.3) is 0 Å². The molecule has 1 fully saturated rings. The van der Waals surface area contributed by atoms with E-state index in [2.05, 4.69) is 22.5 Å². The van der Waals surface area contributed by atoms with Crippen LogP contribution in [0, 0.1) is 0 Å². The summed E-state index contributed by atoms with van der Waals surface area (Å²) in [6.07, 6.45) is 0.951. The molecule has 1 heterocycles. The molecule has 1 rings (SSSR count). The van der Waals surface area contributed by atoms with E-state index < -0.39 is 0 Å². The highest BCUT2D eigenvalue weighted by molar-refractivity contribution is 7.80. The van der Waals surface area contributed by atoms with Gasteiger partial charge in [0.05, 0.1) is 19.9 Å². The van der Waals surface area contributed by atoms with Crippen LogP contribution in [0.2, 0.25) is 0 Å². The fraction of sp³-hybridized carbons (Fsp3) is 0.857. The fourth-order valence-electron chi connectivity index (χ4n) is 1.23. The SMILES string of the molecule is CCC(CO)N1CNC(=S)NC1. The molecular formula is C7H15N3OS. The molecule has 0 spiro atoms. The van der Waals surface area contributed by atoms with E-state index in [0.717, 1.165) is 19.8 Å². The Morgan fingerprint density at radius 3 is 2.58 bits per heavy atom. The van der Waals surface area contributed by atoms with E-state index in [9.17, 15) is 0 Å². The minimum absolute atomic E-state index is 0.201. The Balaban J connectivity index is 2.37. The minimum Gasteiger partial charge on any atom is -0.395 e. The number of nitrogens with one attached hydrogen (secondary N) is 2. The molecule has 0 saturated carbocycles. The summed E-state index contributed by atoms with van der Waals surface area (Å²) in [5, 5.41) is 15.7. The number of aliphatic hydroxyl groups excluding tert-OH is 1. The van der Waals surface area contributed by atoms with Crippen LogP contribution < -0.4 is 10.6 Å². The highest BCUT2D eigenvalue weighted by Crippen LogP contribution is 2.02. The average Bonchev–Trinajstić information content (AvgIpc) is 2.10. The average molecular weight is 189 g/mol. The fourth-order valence-corrected chi connectivity index (χ4v) is 1.36. The van der Waals surface area contributed by atoms with E-state index in [0.29, 0.717) is 5.11 Å². The van der Waals surface area contributed by atoms with Crippen LogP contribution in [0.15, 0.2) is 0 Å². The van der Waals surface area contributed by atoms with Gasteiger partial charge in [-0.25, -0.2) is 0 Å². The summed E-state index contributed by atoms with van der Waals surface area (Å²) in [5.41, 5.74) is 0. The van der Waals surface area contributed by atoms with Gasteiger partial charge in [0.15, 0.2) is 5.11 Å². The van der Waals surface area contributed by atoms with Crippen LogP contribution in [0.4, 0.5) is 0 Å². The predicted octanol–water partition coefficient (Wildman–Crippen LogP) is -0.548. The molecule has 0 aromatic rings. The van der Waals surface area contributed by atoms with Crippen molar-refractivity contribution in [3.8, 4) is 0 Å². The zero-order valence-corrected chi connectivity index (χ0v) is 8.02. The Kier molecular flexibility index (Phi) is 3.71. The van der Waals surface area contributed by atoms with Gasteiger partial charge < -0.3 is 15.7 Å². The normalized spacial score (nSPS) is 21.3. The summed E-state index contributed by atoms with van der Waals surface area (Å²) in [5.74, 6) is 0. The molecule has 12 heavy (non-hydrogen) atoms. The van der Waals surface area contributed by atoms with E-state index in [1.165, 1.54) is 0 Å². The van der Waals surface area contributed by atoms with E-state index in [1.54, 1.807) is 0 Å². The van der Waals surface area contributed by atoms with Crippen molar-refractivity contribution in [1.82, 2.24) is 15.5 Å². The summed E-state index contributed by atoms with van der Waals surface area (Å²) in [6.45, 7) is 3.72. The van der Waals surface area contributed by atoms with Crippen molar-refractivity contribution in [2.45, 2.75) is 19.4 Å². The van der Waals surface area contributed by atoms with Crippen molar-refractivity contribution < 1.29 is 5.11 Å². The summed E-state index contributed by atoms with van der Waals surface area (Å²) >= 11 is 4.91. The van der Waals surface area contributed by atoms with Gasteiger partial charge in [0.25, 0.3) is 0 Å². The number of hydrogen-bond acceptors (Lipinski definition) is 3. The van der Waals surface area contributed by atoms with Gasteiger partial charge in [-0.05, 0) is 18.6 Å². The Bertz CT molecular complexity index is 151. The zero-order chi connectivity index (χ0) is 8.97. The molecule has 1 saturated heterocycles. The molecule has 1 aliphatic rings. The lowest BCUT2D eigenvalue weighted by Gasteiger charge is -2.34. The molecule has 0 amide bonds. The Hall–Kier alpha value is -0.390. The predicted molar refractivity (Wildman–Crippen MR) is 51.6 cm³/mol. The van der Waals surface area contributed by atoms with Gasteiger partial charge in [0.1, 0.15) is 0 Å². The lowest BCUT2D eigenvalue weighted by Crippen LogP contribution is -2.57. The first-order valence-electron chi connectivity index (χ1n) is 4.14. The molecule has 1 atom stereocenters. The molecule has 0 aromatic heterocycles. The van der Waals surface area contributed by atoms with Gasteiger partial charge in [-0.3, -0.25) is 4.90 Å². The number of rotatable bonds is 3. The molecule has 0 aromatic carbocycles. The molecule has 3 N–H and O–H groups in total. The summed E-state index contributed by atoms with van der Waals surface area (Å²) in [6, 6.07) is 0.230. The van der Waals surface area contributed by atoms with Gasteiger partial charge in [-0.2, -0.15) is 0 Å². The van der Waals surface area contributed by atoms with Gasteiger partial charge in [0.2, 0.25) is 0 Å². The van der Waals surface area contributed by atoms with Gasteiger partial charge >= 0.3 is 0 Å². The van der Waals surface area contributed by atoms with Crippen molar-refractivity contribution in [2.24, 2.45) is 0 Å². The maximum atomic E-state index is 9.01. The summed E-state index contributed by atoms with van der Waals surface area (Å²) in [4.78, 5) is 2.12. The second-order valence-corrected chi connectivity index (χ2v) is 3.24. The highest BCUT2D eigenvalue weighted by Gasteiger charge is 2.18. The zero-order valence-electron chi connectivity index (χ0n) is 7.21. The smallest absolute Gasteiger partial charge is 0.168 e. The lowest BCUT2D eigenvalue weighted by atomic mass is 10.2. The molecule has 0 radical (unpaired) electrons. The number of aliphatic hydroxyl groups is 1. The largest absolute Gasteiger partial charge is 0.395 e. The third-order valence-electron chi connectivity index (χ3n) is 2.08. The summed E-state index contributed by atoms with van der Waals surface area (Å²) < 4.78 is 0. The highest BCUT2D eigenvalue weighted by atomic mass is 32.1. The molecule has 0 bridgehead atoms. The molecule has 70 valence electrons.